The molecule has 18 heavy (non-hydrogen) atoms. The second-order valence-electron chi connectivity index (χ2n) is 7.58. The number of hydrogen-bond acceptors (Lipinski definition) is 1. The highest BCUT2D eigenvalue weighted by Gasteiger charge is 2.37. The van der Waals surface area contributed by atoms with Gasteiger partial charge in [0.15, 0.2) is 0 Å². The van der Waals surface area contributed by atoms with Crippen LogP contribution in [0.1, 0.15) is 86.0 Å². The van der Waals surface area contributed by atoms with E-state index in [4.69, 9.17) is 5.73 Å². The first-order valence-electron chi connectivity index (χ1n) is 8.12. The standard InChI is InChI=1S/C17H35N/c1-6-8-14(3)13-17(18)11-9-15(10-12-17)16(4,5)7-2/h14-15H,6-13,18H2,1-5H3. The van der Waals surface area contributed by atoms with Gasteiger partial charge in [-0.05, 0) is 49.4 Å². The van der Waals surface area contributed by atoms with Gasteiger partial charge < -0.3 is 5.73 Å². The fourth-order valence-corrected chi connectivity index (χ4v) is 3.76. The average Bonchev–Trinajstić information content (AvgIpc) is 2.29. The van der Waals surface area contributed by atoms with Crippen LogP contribution in [0.3, 0.4) is 0 Å². The summed E-state index contributed by atoms with van der Waals surface area (Å²) in [6.45, 7) is 11.8. The Morgan fingerprint density at radius 1 is 1.22 bits per heavy atom. The van der Waals surface area contributed by atoms with E-state index in [-0.39, 0.29) is 5.54 Å². The molecule has 1 saturated carbocycles. The van der Waals surface area contributed by atoms with E-state index in [1.54, 1.807) is 0 Å². The van der Waals surface area contributed by atoms with Crippen molar-refractivity contribution in [3.63, 3.8) is 0 Å². The van der Waals surface area contributed by atoms with Crippen LogP contribution in [0.5, 0.6) is 0 Å². The van der Waals surface area contributed by atoms with Gasteiger partial charge in [-0.2, -0.15) is 0 Å². The van der Waals surface area contributed by atoms with Crippen molar-refractivity contribution in [3.8, 4) is 0 Å². The smallest absolute Gasteiger partial charge is 0.0157 e. The number of hydrogen-bond donors (Lipinski definition) is 1. The monoisotopic (exact) mass is 253 g/mol. The molecule has 0 bridgehead atoms. The molecule has 1 aliphatic carbocycles. The van der Waals surface area contributed by atoms with E-state index in [1.165, 1.54) is 51.4 Å². The van der Waals surface area contributed by atoms with Gasteiger partial charge in [0.2, 0.25) is 0 Å². The molecule has 0 aromatic heterocycles. The summed E-state index contributed by atoms with van der Waals surface area (Å²) in [5.41, 5.74) is 7.30. The van der Waals surface area contributed by atoms with Gasteiger partial charge in [-0.3, -0.25) is 0 Å². The van der Waals surface area contributed by atoms with Gasteiger partial charge in [0.1, 0.15) is 0 Å². The lowest BCUT2D eigenvalue weighted by molar-refractivity contribution is 0.104. The molecule has 0 heterocycles. The molecular weight excluding hydrogens is 218 g/mol. The average molecular weight is 253 g/mol. The molecule has 0 spiro atoms. The molecule has 0 amide bonds. The predicted octanol–water partition coefficient (Wildman–Crippen LogP) is 5.14. The van der Waals surface area contributed by atoms with Gasteiger partial charge in [0, 0.05) is 5.54 Å². The maximum Gasteiger partial charge on any atom is 0.0157 e. The van der Waals surface area contributed by atoms with Crippen LogP contribution in [-0.4, -0.2) is 5.54 Å². The number of nitrogens with two attached hydrogens (primary N) is 1. The Kier molecular flexibility index (Phi) is 5.70. The second-order valence-corrected chi connectivity index (χ2v) is 7.58. The summed E-state index contributed by atoms with van der Waals surface area (Å²) >= 11 is 0. The first-order valence-corrected chi connectivity index (χ1v) is 8.12. The molecule has 0 radical (unpaired) electrons. The quantitative estimate of drug-likeness (QED) is 0.697. The zero-order valence-corrected chi connectivity index (χ0v) is 13.4. The summed E-state index contributed by atoms with van der Waals surface area (Å²) in [5.74, 6) is 1.69. The zero-order chi connectivity index (χ0) is 13.8. The Morgan fingerprint density at radius 2 is 1.78 bits per heavy atom. The van der Waals surface area contributed by atoms with Crippen LogP contribution in [-0.2, 0) is 0 Å². The molecule has 1 unspecified atom stereocenters. The molecular formula is C17H35N. The molecule has 1 heteroatoms. The van der Waals surface area contributed by atoms with Crippen LogP contribution < -0.4 is 5.73 Å². The minimum atomic E-state index is 0.148. The van der Waals surface area contributed by atoms with E-state index >= 15 is 0 Å². The third-order valence-electron chi connectivity index (χ3n) is 5.53. The van der Waals surface area contributed by atoms with Crippen molar-refractivity contribution in [2.75, 3.05) is 0 Å². The van der Waals surface area contributed by atoms with Gasteiger partial charge in [0.25, 0.3) is 0 Å². The zero-order valence-electron chi connectivity index (χ0n) is 13.4. The van der Waals surface area contributed by atoms with Gasteiger partial charge in [-0.25, -0.2) is 0 Å². The maximum absolute atomic E-state index is 6.64. The summed E-state index contributed by atoms with van der Waals surface area (Å²) in [6.07, 6.45) is 10.3. The summed E-state index contributed by atoms with van der Waals surface area (Å²) in [5, 5.41) is 0. The third kappa shape index (κ3) is 4.26. The molecule has 0 aliphatic heterocycles. The summed E-state index contributed by atoms with van der Waals surface area (Å²) in [6, 6.07) is 0. The van der Waals surface area contributed by atoms with Crippen molar-refractivity contribution in [2.24, 2.45) is 23.0 Å². The summed E-state index contributed by atoms with van der Waals surface area (Å²) in [4.78, 5) is 0. The molecule has 0 aromatic rings. The van der Waals surface area contributed by atoms with Crippen molar-refractivity contribution < 1.29 is 0 Å². The normalized spacial score (nSPS) is 31.3. The first kappa shape index (κ1) is 16.0. The van der Waals surface area contributed by atoms with E-state index in [1.807, 2.05) is 0 Å². The Hall–Kier alpha value is -0.0400. The number of rotatable bonds is 6. The van der Waals surface area contributed by atoms with Crippen LogP contribution in [0.25, 0.3) is 0 Å². The van der Waals surface area contributed by atoms with Gasteiger partial charge in [0.05, 0.1) is 0 Å². The van der Waals surface area contributed by atoms with Crippen molar-refractivity contribution in [1.29, 1.82) is 0 Å². The summed E-state index contributed by atoms with van der Waals surface area (Å²) in [7, 11) is 0. The highest BCUT2D eigenvalue weighted by atomic mass is 14.7. The lowest BCUT2D eigenvalue weighted by atomic mass is 9.64. The predicted molar refractivity (Wildman–Crippen MR) is 81.6 cm³/mol. The largest absolute Gasteiger partial charge is 0.325 e. The molecule has 1 fully saturated rings. The van der Waals surface area contributed by atoms with Gasteiger partial charge >= 0.3 is 0 Å². The molecule has 108 valence electrons. The highest BCUT2D eigenvalue weighted by molar-refractivity contribution is 4.94. The SMILES string of the molecule is CCCC(C)CC1(N)CCC(C(C)(C)CC)CC1. The minimum Gasteiger partial charge on any atom is -0.325 e. The van der Waals surface area contributed by atoms with Crippen molar-refractivity contribution in [2.45, 2.75) is 91.5 Å². The van der Waals surface area contributed by atoms with E-state index in [2.05, 4.69) is 34.6 Å². The van der Waals surface area contributed by atoms with Crippen LogP contribution in [0.15, 0.2) is 0 Å². The fraction of sp³-hybridized carbons (Fsp3) is 1.00. The van der Waals surface area contributed by atoms with E-state index < -0.39 is 0 Å². The third-order valence-corrected chi connectivity index (χ3v) is 5.53. The Bertz CT molecular complexity index is 236. The Balaban J connectivity index is 2.47. The lowest BCUT2D eigenvalue weighted by Gasteiger charge is -2.44. The molecule has 2 N–H and O–H groups in total. The minimum absolute atomic E-state index is 0.148. The van der Waals surface area contributed by atoms with E-state index in [0.29, 0.717) is 5.41 Å². The topological polar surface area (TPSA) is 26.0 Å². The first-order chi connectivity index (χ1) is 8.33. The lowest BCUT2D eigenvalue weighted by Crippen LogP contribution is -2.46. The fourth-order valence-electron chi connectivity index (χ4n) is 3.76. The van der Waals surface area contributed by atoms with Crippen LogP contribution in [0.4, 0.5) is 0 Å². The molecule has 1 rings (SSSR count). The van der Waals surface area contributed by atoms with Crippen LogP contribution in [0.2, 0.25) is 0 Å². The van der Waals surface area contributed by atoms with Gasteiger partial charge in [-0.1, -0.05) is 53.9 Å². The summed E-state index contributed by atoms with van der Waals surface area (Å²) < 4.78 is 0. The Morgan fingerprint density at radius 3 is 2.22 bits per heavy atom. The van der Waals surface area contributed by atoms with E-state index in [9.17, 15) is 0 Å². The molecule has 0 saturated heterocycles. The van der Waals surface area contributed by atoms with Crippen LogP contribution in [0, 0.1) is 17.3 Å². The van der Waals surface area contributed by atoms with E-state index in [0.717, 1.165) is 11.8 Å². The highest BCUT2D eigenvalue weighted by Crippen LogP contribution is 2.44. The second kappa shape index (κ2) is 6.41. The molecule has 1 atom stereocenters. The Labute approximate surface area is 115 Å². The van der Waals surface area contributed by atoms with Crippen molar-refractivity contribution >= 4 is 0 Å². The molecule has 1 nitrogen and oxygen atoms in total. The van der Waals surface area contributed by atoms with Gasteiger partial charge in [-0.15, -0.1) is 0 Å². The molecule has 1 aliphatic rings. The van der Waals surface area contributed by atoms with Crippen molar-refractivity contribution in [1.82, 2.24) is 0 Å². The molecule has 0 aromatic carbocycles. The van der Waals surface area contributed by atoms with Crippen molar-refractivity contribution in [3.05, 3.63) is 0 Å². The maximum atomic E-state index is 6.64. The van der Waals surface area contributed by atoms with Crippen LogP contribution >= 0.6 is 0 Å².